The second-order valence-corrected chi connectivity index (χ2v) is 5.30. The molecular weight excluding hydrogens is 222 g/mol. The monoisotopic (exact) mass is 243 g/mol. The summed E-state index contributed by atoms with van der Waals surface area (Å²) in [5.74, 6) is 0. The molecule has 2 N–H and O–H groups in total. The van der Waals surface area contributed by atoms with Gasteiger partial charge in [0.15, 0.2) is 5.06 Å². The third kappa shape index (κ3) is 3.77. The molecule has 92 valence electrons. The average molecular weight is 243 g/mol. The second-order valence-electron chi connectivity index (χ2n) is 4.17. The predicted octanol–water partition coefficient (Wildman–Crippen LogP) is 2.40. The van der Waals surface area contributed by atoms with Gasteiger partial charge in [-0.25, -0.2) is 0 Å². The molecule has 1 heterocycles. The smallest absolute Gasteiger partial charge is 0.173 e. The number of nitrogens with one attached hydrogen (secondary N) is 1. The van der Waals surface area contributed by atoms with Gasteiger partial charge in [0.1, 0.15) is 0 Å². The van der Waals surface area contributed by atoms with E-state index in [0.717, 1.165) is 24.4 Å². The maximum atomic E-state index is 9.01. The molecule has 0 saturated carbocycles. The lowest BCUT2D eigenvalue weighted by molar-refractivity contribution is 0.215. The Labute approximate surface area is 101 Å². The number of aliphatic hydroxyl groups is 1. The van der Waals surface area contributed by atoms with Gasteiger partial charge in [-0.1, -0.05) is 6.92 Å². The van der Waals surface area contributed by atoms with Crippen LogP contribution in [0.2, 0.25) is 0 Å². The number of hydrogen-bond donors (Lipinski definition) is 2. The van der Waals surface area contributed by atoms with E-state index in [1.165, 1.54) is 4.88 Å². The van der Waals surface area contributed by atoms with Crippen molar-refractivity contribution in [2.75, 3.05) is 13.7 Å². The van der Waals surface area contributed by atoms with Gasteiger partial charge in [0, 0.05) is 23.6 Å². The van der Waals surface area contributed by atoms with Crippen LogP contribution in [0.15, 0.2) is 12.1 Å². The number of ether oxygens (including phenoxy) is 1. The molecule has 0 aliphatic rings. The zero-order chi connectivity index (χ0) is 12.0. The van der Waals surface area contributed by atoms with Gasteiger partial charge in [0.25, 0.3) is 0 Å². The molecule has 0 bridgehead atoms. The van der Waals surface area contributed by atoms with Crippen LogP contribution in [0.25, 0.3) is 0 Å². The summed E-state index contributed by atoms with van der Waals surface area (Å²) in [6, 6.07) is 4.06. The minimum Gasteiger partial charge on any atom is -0.487 e. The van der Waals surface area contributed by atoms with Crippen LogP contribution in [-0.2, 0) is 6.54 Å². The van der Waals surface area contributed by atoms with Gasteiger partial charge in [0.05, 0.1) is 7.11 Å². The first-order valence-corrected chi connectivity index (χ1v) is 6.44. The van der Waals surface area contributed by atoms with Crippen molar-refractivity contribution in [1.29, 1.82) is 0 Å². The SMILES string of the molecule is CCC(C)(CCO)NCc1ccc(OC)s1. The van der Waals surface area contributed by atoms with Crippen molar-refractivity contribution in [2.45, 2.75) is 38.8 Å². The van der Waals surface area contributed by atoms with Gasteiger partial charge in [-0.05, 0) is 31.9 Å². The molecule has 3 nitrogen and oxygen atoms in total. The highest BCUT2D eigenvalue weighted by atomic mass is 32.1. The molecule has 4 heteroatoms. The molecule has 1 aromatic heterocycles. The summed E-state index contributed by atoms with van der Waals surface area (Å²) in [6.45, 7) is 5.34. The van der Waals surface area contributed by atoms with Crippen molar-refractivity contribution in [3.8, 4) is 5.06 Å². The Morgan fingerprint density at radius 1 is 1.50 bits per heavy atom. The summed E-state index contributed by atoms with van der Waals surface area (Å²) in [6.07, 6.45) is 1.79. The summed E-state index contributed by atoms with van der Waals surface area (Å²) in [7, 11) is 1.69. The first-order chi connectivity index (χ1) is 7.63. The first-order valence-electron chi connectivity index (χ1n) is 5.62. The van der Waals surface area contributed by atoms with E-state index >= 15 is 0 Å². The fourth-order valence-electron chi connectivity index (χ4n) is 1.50. The Hall–Kier alpha value is -0.580. The Morgan fingerprint density at radius 3 is 2.75 bits per heavy atom. The van der Waals surface area contributed by atoms with Crippen LogP contribution in [-0.4, -0.2) is 24.4 Å². The van der Waals surface area contributed by atoms with E-state index in [-0.39, 0.29) is 12.1 Å². The standard InChI is InChI=1S/C12H21NO2S/c1-4-12(2,7-8-14)13-9-10-5-6-11(15-3)16-10/h5-6,13-14H,4,7-9H2,1-3H3. The van der Waals surface area contributed by atoms with Gasteiger partial charge in [-0.2, -0.15) is 0 Å². The van der Waals surface area contributed by atoms with E-state index in [2.05, 4.69) is 25.2 Å². The highest BCUT2D eigenvalue weighted by molar-refractivity contribution is 7.13. The predicted molar refractivity (Wildman–Crippen MR) is 68.1 cm³/mol. The second kappa shape index (κ2) is 6.23. The van der Waals surface area contributed by atoms with Crippen LogP contribution >= 0.6 is 11.3 Å². The van der Waals surface area contributed by atoms with E-state index in [0.29, 0.717) is 0 Å². The third-order valence-corrected chi connectivity index (χ3v) is 4.02. The van der Waals surface area contributed by atoms with Crippen molar-refractivity contribution in [3.63, 3.8) is 0 Å². The van der Waals surface area contributed by atoms with E-state index in [9.17, 15) is 0 Å². The van der Waals surface area contributed by atoms with Crippen LogP contribution in [0.5, 0.6) is 5.06 Å². The molecule has 0 saturated heterocycles. The van der Waals surface area contributed by atoms with Crippen molar-refractivity contribution in [3.05, 3.63) is 17.0 Å². The topological polar surface area (TPSA) is 41.5 Å². The molecule has 0 aliphatic carbocycles. The number of hydrogen-bond acceptors (Lipinski definition) is 4. The molecule has 1 rings (SSSR count). The fourth-order valence-corrected chi connectivity index (χ4v) is 2.26. The minimum absolute atomic E-state index is 0.0198. The van der Waals surface area contributed by atoms with E-state index in [4.69, 9.17) is 9.84 Å². The van der Waals surface area contributed by atoms with Crippen LogP contribution in [0.3, 0.4) is 0 Å². The van der Waals surface area contributed by atoms with Crippen molar-refractivity contribution in [2.24, 2.45) is 0 Å². The number of aliphatic hydroxyl groups excluding tert-OH is 1. The summed E-state index contributed by atoms with van der Waals surface area (Å²) in [4.78, 5) is 1.26. The van der Waals surface area contributed by atoms with Gasteiger partial charge < -0.3 is 15.2 Å². The normalized spacial score (nSPS) is 14.8. The van der Waals surface area contributed by atoms with E-state index < -0.39 is 0 Å². The molecule has 1 unspecified atom stereocenters. The van der Waals surface area contributed by atoms with Crippen molar-refractivity contribution < 1.29 is 9.84 Å². The lowest BCUT2D eigenvalue weighted by Crippen LogP contribution is -2.41. The summed E-state index contributed by atoms with van der Waals surface area (Å²) < 4.78 is 5.15. The minimum atomic E-state index is 0.0198. The maximum absolute atomic E-state index is 9.01. The van der Waals surface area contributed by atoms with Gasteiger partial charge in [-0.3, -0.25) is 0 Å². The largest absolute Gasteiger partial charge is 0.487 e. The summed E-state index contributed by atoms with van der Waals surface area (Å²) in [5.41, 5.74) is 0.0198. The summed E-state index contributed by atoms with van der Waals surface area (Å²) in [5, 5.41) is 13.5. The average Bonchev–Trinajstić information content (AvgIpc) is 2.75. The van der Waals surface area contributed by atoms with Gasteiger partial charge in [-0.15, -0.1) is 11.3 Å². The molecule has 0 spiro atoms. The van der Waals surface area contributed by atoms with E-state index in [1.807, 2.05) is 6.07 Å². The summed E-state index contributed by atoms with van der Waals surface area (Å²) >= 11 is 1.65. The van der Waals surface area contributed by atoms with E-state index in [1.54, 1.807) is 18.4 Å². The zero-order valence-corrected chi connectivity index (χ0v) is 11.1. The Bertz CT molecular complexity index is 314. The molecule has 1 aromatic rings. The molecule has 0 aromatic carbocycles. The third-order valence-electron chi connectivity index (χ3n) is 2.97. The molecule has 0 fully saturated rings. The van der Waals surface area contributed by atoms with Gasteiger partial charge in [0.2, 0.25) is 0 Å². The van der Waals surface area contributed by atoms with Gasteiger partial charge >= 0.3 is 0 Å². The maximum Gasteiger partial charge on any atom is 0.173 e. The Morgan fingerprint density at radius 2 is 2.25 bits per heavy atom. The number of rotatable bonds is 7. The highest BCUT2D eigenvalue weighted by Crippen LogP contribution is 2.24. The number of methoxy groups -OCH3 is 1. The van der Waals surface area contributed by atoms with Crippen molar-refractivity contribution >= 4 is 11.3 Å². The lowest BCUT2D eigenvalue weighted by Gasteiger charge is -2.28. The molecule has 1 atom stereocenters. The van der Waals surface area contributed by atoms with Crippen LogP contribution in [0.4, 0.5) is 0 Å². The molecule has 16 heavy (non-hydrogen) atoms. The quantitative estimate of drug-likeness (QED) is 0.772. The fraction of sp³-hybridized carbons (Fsp3) is 0.667. The highest BCUT2D eigenvalue weighted by Gasteiger charge is 2.20. The molecule has 0 aliphatic heterocycles. The molecule has 0 amide bonds. The molecular formula is C12H21NO2S. The van der Waals surface area contributed by atoms with Crippen molar-refractivity contribution in [1.82, 2.24) is 5.32 Å². The van der Waals surface area contributed by atoms with Crippen LogP contribution < -0.4 is 10.1 Å². The Balaban J connectivity index is 2.48. The zero-order valence-electron chi connectivity index (χ0n) is 10.2. The van der Waals surface area contributed by atoms with Crippen LogP contribution in [0.1, 0.15) is 31.6 Å². The Kier molecular flexibility index (Phi) is 5.25. The first kappa shape index (κ1) is 13.5. The van der Waals surface area contributed by atoms with Crippen LogP contribution in [0, 0.1) is 0 Å². The number of thiophene rings is 1. The molecule has 0 radical (unpaired) electrons. The lowest BCUT2D eigenvalue weighted by atomic mass is 9.95.